The number of nitrogens with zero attached hydrogens (tertiary/aromatic N) is 1. The van der Waals surface area contributed by atoms with Crippen LogP contribution in [0.25, 0.3) is 0 Å². The van der Waals surface area contributed by atoms with Crippen molar-refractivity contribution in [3.63, 3.8) is 0 Å². The van der Waals surface area contributed by atoms with E-state index in [1.54, 1.807) is 0 Å². The summed E-state index contributed by atoms with van der Waals surface area (Å²) in [6.07, 6.45) is 4.02. The third-order valence-electron chi connectivity index (χ3n) is 4.97. The molecule has 18 heavy (non-hydrogen) atoms. The summed E-state index contributed by atoms with van der Waals surface area (Å²) < 4.78 is 0. The SMILES string of the molecule is CCC(C)C(CN1CCC(C(C)(C)C)CC1)NC. The van der Waals surface area contributed by atoms with Gasteiger partial charge in [-0.25, -0.2) is 0 Å². The number of likely N-dealkylation sites (tertiary alicyclic amines) is 1. The van der Waals surface area contributed by atoms with Gasteiger partial charge in [0.05, 0.1) is 0 Å². The molecule has 2 heteroatoms. The summed E-state index contributed by atoms with van der Waals surface area (Å²) in [5, 5.41) is 3.50. The second kappa shape index (κ2) is 6.91. The molecule has 2 atom stereocenters. The van der Waals surface area contributed by atoms with Crippen molar-refractivity contribution < 1.29 is 0 Å². The third kappa shape index (κ3) is 4.55. The number of piperidine rings is 1. The third-order valence-corrected chi connectivity index (χ3v) is 4.97. The summed E-state index contributed by atoms with van der Waals surface area (Å²) >= 11 is 0. The fourth-order valence-corrected chi connectivity index (χ4v) is 3.10. The lowest BCUT2D eigenvalue weighted by molar-refractivity contribution is 0.0999. The number of rotatable bonds is 5. The van der Waals surface area contributed by atoms with E-state index in [-0.39, 0.29) is 0 Å². The van der Waals surface area contributed by atoms with E-state index in [0.29, 0.717) is 11.5 Å². The molecule has 0 aromatic carbocycles. The van der Waals surface area contributed by atoms with Gasteiger partial charge in [-0.1, -0.05) is 41.0 Å². The molecule has 0 amide bonds. The molecule has 1 aliphatic rings. The van der Waals surface area contributed by atoms with Crippen LogP contribution >= 0.6 is 0 Å². The standard InChI is InChI=1S/C16H34N2/c1-7-13(2)15(17-6)12-18-10-8-14(9-11-18)16(3,4)5/h13-15,17H,7-12H2,1-6H3. The summed E-state index contributed by atoms with van der Waals surface area (Å²) in [7, 11) is 2.11. The normalized spacial score (nSPS) is 23.0. The Hall–Kier alpha value is -0.0800. The van der Waals surface area contributed by atoms with E-state index in [9.17, 15) is 0 Å². The number of nitrogens with one attached hydrogen (secondary N) is 1. The van der Waals surface area contributed by atoms with Gasteiger partial charge in [0.1, 0.15) is 0 Å². The monoisotopic (exact) mass is 254 g/mol. The first-order valence-electron chi connectivity index (χ1n) is 7.78. The summed E-state index contributed by atoms with van der Waals surface area (Å²) in [6, 6.07) is 0.654. The molecule has 108 valence electrons. The average Bonchev–Trinajstić information content (AvgIpc) is 2.34. The molecule has 1 fully saturated rings. The second-order valence-electron chi connectivity index (χ2n) is 7.22. The summed E-state index contributed by atoms with van der Waals surface area (Å²) in [4.78, 5) is 2.66. The van der Waals surface area contributed by atoms with Gasteiger partial charge in [-0.3, -0.25) is 0 Å². The summed E-state index contributed by atoms with van der Waals surface area (Å²) in [5.41, 5.74) is 0.491. The van der Waals surface area contributed by atoms with Crippen molar-refractivity contribution in [1.29, 1.82) is 0 Å². The molecule has 0 aliphatic carbocycles. The Morgan fingerprint density at radius 2 is 1.78 bits per heavy atom. The fourth-order valence-electron chi connectivity index (χ4n) is 3.10. The van der Waals surface area contributed by atoms with Crippen molar-refractivity contribution in [3.05, 3.63) is 0 Å². The maximum Gasteiger partial charge on any atom is 0.0217 e. The Balaban J connectivity index is 2.39. The van der Waals surface area contributed by atoms with E-state index in [1.807, 2.05) is 0 Å². The Morgan fingerprint density at radius 1 is 1.22 bits per heavy atom. The van der Waals surface area contributed by atoms with Crippen molar-refractivity contribution in [1.82, 2.24) is 10.2 Å². The molecular weight excluding hydrogens is 220 g/mol. The quantitative estimate of drug-likeness (QED) is 0.809. The van der Waals surface area contributed by atoms with Crippen LogP contribution in [0.15, 0.2) is 0 Å². The predicted octanol–water partition coefficient (Wildman–Crippen LogP) is 3.38. The first kappa shape index (κ1) is 16.0. The minimum absolute atomic E-state index is 0.491. The highest BCUT2D eigenvalue weighted by atomic mass is 15.2. The van der Waals surface area contributed by atoms with Gasteiger partial charge in [-0.05, 0) is 50.2 Å². The van der Waals surface area contributed by atoms with Gasteiger partial charge in [0, 0.05) is 12.6 Å². The summed E-state index contributed by atoms with van der Waals surface area (Å²) in [6.45, 7) is 15.6. The predicted molar refractivity (Wildman–Crippen MR) is 80.9 cm³/mol. The second-order valence-corrected chi connectivity index (χ2v) is 7.22. The van der Waals surface area contributed by atoms with Crippen molar-refractivity contribution in [2.45, 2.75) is 59.9 Å². The van der Waals surface area contributed by atoms with Crippen molar-refractivity contribution in [3.8, 4) is 0 Å². The van der Waals surface area contributed by atoms with Crippen LogP contribution in [0.2, 0.25) is 0 Å². The van der Waals surface area contributed by atoms with Crippen LogP contribution in [0.5, 0.6) is 0 Å². The zero-order chi connectivity index (χ0) is 13.8. The number of likely N-dealkylation sites (N-methyl/N-ethyl adjacent to an activating group) is 1. The van der Waals surface area contributed by atoms with Crippen molar-refractivity contribution >= 4 is 0 Å². The molecule has 1 aliphatic heterocycles. The molecule has 1 rings (SSSR count). The molecule has 2 nitrogen and oxygen atoms in total. The molecular formula is C16H34N2. The van der Waals surface area contributed by atoms with E-state index >= 15 is 0 Å². The van der Waals surface area contributed by atoms with Gasteiger partial charge >= 0.3 is 0 Å². The Labute approximate surface area is 115 Å². The average molecular weight is 254 g/mol. The topological polar surface area (TPSA) is 15.3 Å². The first-order chi connectivity index (χ1) is 8.38. The molecule has 0 radical (unpaired) electrons. The molecule has 1 heterocycles. The molecule has 0 aromatic rings. The molecule has 0 bridgehead atoms. The van der Waals surface area contributed by atoms with Gasteiger partial charge in [0.15, 0.2) is 0 Å². The number of hydrogen-bond donors (Lipinski definition) is 1. The lowest BCUT2D eigenvalue weighted by atomic mass is 9.75. The van der Waals surface area contributed by atoms with E-state index in [1.165, 1.54) is 38.9 Å². The Bertz CT molecular complexity index is 224. The molecule has 1 N–H and O–H groups in total. The first-order valence-corrected chi connectivity index (χ1v) is 7.78. The van der Waals surface area contributed by atoms with Crippen molar-refractivity contribution in [2.75, 3.05) is 26.7 Å². The van der Waals surface area contributed by atoms with Crippen LogP contribution in [-0.2, 0) is 0 Å². The zero-order valence-electron chi connectivity index (χ0n) is 13.4. The highest BCUT2D eigenvalue weighted by Gasteiger charge is 2.29. The Kier molecular flexibility index (Phi) is 6.13. The van der Waals surface area contributed by atoms with Gasteiger partial charge in [0.2, 0.25) is 0 Å². The van der Waals surface area contributed by atoms with Crippen LogP contribution in [0.1, 0.15) is 53.9 Å². The van der Waals surface area contributed by atoms with E-state index in [4.69, 9.17) is 0 Å². The molecule has 0 saturated carbocycles. The van der Waals surface area contributed by atoms with Crippen LogP contribution < -0.4 is 5.32 Å². The molecule has 1 saturated heterocycles. The maximum absolute atomic E-state index is 3.50. The fraction of sp³-hybridized carbons (Fsp3) is 1.00. The zero-order valence-corrected chi connectivity index (χ0v) is 13.4. The van der Waals surface area contributed by atoms with Gasteiger partial charge in [-0.15, -0.1) is 0 Å². The van der Waals surface area contributed by atoms with Crippen LogP contribution in [0.4, 0.5) is 0 Å². The van der Waals surface area contributed by atoms with Gasteiger partial charge in [-0.2, -0.15) is 0 Å². The number of hydrogen-bond acceptors (Lipinski definition) is 2. The minimum Gasteiger partial charge on any atom is -0.315 e. The molecule has 0 aromatic heterocycles. The van der Waals surface area contributed by atoms with E-state index in [2.05, 4.69) is 51.9 Å². The summed E-state index contributed by atoms with van der Waals surface area (Å²) in [5.74, 6) is 1.68. The van der Waals surface area contributed by atoms with Crippen molar-refractivity contribution in [2.24, 2.45) is 17.3 Å². The molecule has 2 unspecified atom stereocenters. The van der Waals surface area contributed by atoms with Gasteiger partial charge in [0.25, 0.3) is 0 Å². The lowest BCUT2D eigenvalue weighted by Crippen LogP contribution is -2.47. The largest absolute Gasteiger partial charge is 0.315 e. The Morgan fingerprint density at radius 3 is 2.17 bits per heavy atom. The lowest BCUT2D eigenvalue weighted by Gasteiger charge is -2.40. The maximum atomic E-state index is 3.50. The highest BCUT2D eigenvalue weighted by Crippen LogP contribution is 2.34. The van der Waals surface area contributed by atoms with E-state index in [0.717, 1.165) is 11.8 Å². The van der Waals surface area contributed by atoms with Crippen LogP contribution in [0.3, 0.4) is 0 Å². The van der Waals surface area contributed by atoms with Crippen LogP contribution in [0, 0.1) is 17.3 Å². The van der Waals surface area contributed by atoms with Crippen LogP contribution in [-0.4, -0.2) is 37.6 Å². The van der Waals surface area contributed by atoms with E-state index < -0.39 is 0 Å². The molecule has 0 spiro atoms. The highest BCUT2D eigenvalue weighted by molar-refractivity contribution is 4.83. The minimum atomic E-state index is 0.491. The van der Waals surface area contributed by atoms with Gasteiger partial charge < -0.3 is 10.2 Å². The smallest absolute Gasteiger partial charge is 0.0217 e.